The molecule has 0 radical (unpaired) electrons. The van der Waals surface area contributed by atoms with E-state index in [0.29, 0.717) is 6.04 Å². The minimum Gasteiger partial charge on any atom is -0.383 e. The van der Waals surface area contributed by atoms with Gasteiger partial charge < -0.3 is 14.8 Å². The van der Waals surface area contributed by atoms with Crippen molar-refractivity contribution in [3.8, 4) is 0 Å². The van der Waals surface area contributed by atoms with Gasteiger partial charge >= 0.3 is 0 Å². The molecule has 0 saturated carbocycles. The van der Waals surface area contributed by atoms with Crippen molar-refractivity contribution >= 4 is 0 Å². The summed E-state index contributed by atoms with van der Waals surface area (Å²) in [5.74, 6) is 0. The Morgan fingerprint density at radius 2 is 2.00 bits per heavy atom. The molecule has 1 unspecified atom stereocenters. The van der Waals surface area contributed by atoms with Gasteiger partial charge in [-0.1, -0.05) is 6.92 Å². The lowest BCUT2D eigenvalue weighted by atomic mass is 10.2. The molecule has 0 heterocycles. The van der Waals surface area contributed by atoms with Crippen LogP contribution in [-0.4, -0.2) is 40.0 Å². The molecule has 3 heteroatoms. The van der Waals surface area contributed by atoms with Crippen LogP contribution in [0.1, 0.15) is 13.3 Å². The molecule has 0 aromatic carbocycles. The smallest absolute Gasteiger partial charge is 0.0615 e. The maximum Gasteiger partial charge on any atom is 0.0615 e. The van der Waals surface area contributed by atoms with E-state index in [4.69, 9.17) is 9.47 Å². The molecule has 0 bridgehead atoms. The predicted molar refractivity (Wildman–Crippen MR) is 45.8 cm³/mol. The quantitative estimate of drug-likeness (QED) is 0.556. The van der Waals surface area contributed by atoms with Crippen LogP contribution < -0.4 is 5.32 Å². The Hall–Kier alpha value is -0.120. The van der Waals surface area contributed by atoms with Crippen LogP contribution in [0.25, 0.3) is 0 Å². The lowest BCUT2D eigenvalue weighted by Crippen LogP contribution is -2.34. The van der Waals surface area contributed by atoms with Gasteiger partial charge in [-0.25, -0.2) is 0 Å². The van der Waals surface area contributed by atoms with Gasteiger partial charge in [0.1, 0.15) is 0 Å². The van der Waals surface area contributed by atoms with Gasteiger partial charge in [0, 0.05) is 26.8 Å². The standard InChI is InChI=1S/C8H19NO2/c1-4-8(7-11-3)9-5-6-10-2/h8-9H,4-7H2,1-3H3. The Morgan fingerprint density at radius 1 is 1.27 bits per heavy atom. The summed E-state index contributed by atoms with van der Waals surface area (Å²) in [4.78, 5) is 0. The summed E-state index contributed by atoms with van der Waals surface area (Å²) in [6.07, 6.45) is 1.09. The minimum atomic E-state index is 0.468. The Labute approximate surface area is 69.1 Å². The van der Waals surface area contributed by atoms with Gasteiger partial charge in [0.2, 0.25) is 0 Å². The Morgan fingerprint density at radius 3 is 2.45 bits per heavy atom. The highest BCUT2D eigenvalue weighted by molar-refractivity contribution is 4.62. The summed E-state index contributed by atoms with van der Waals surface area (Å²) in [7, 11) is 3.43. The molecule has 0 aliphatic heterocycles. The second-order valence-corrected chi connectivity index (χ2v) is 2.51. The maximum absolute atomic E-state index is 5.02. The summed E-state index contributed by atoms with van der Waals surface area (Å²) in [5, 5.41) is 3.32. The fourth-order valence-electron chi connectivity index (χ4n) is 0.887. The largest absolute Gasteiger partial charge is 0.383 e. The first-order valence-electron chi connectivity index (χ1n) is 4.06. The van der Waals surface area contributed by atoms with Gasteiger partial charge in [0.25, 0.3) is 0 Å². The fourth-order valence-corrected chi connectivity index (χ4v) is 0.887. The first kappa shape index (κ1) is 10.9. The number of hydrogen-bond donors (Lipinski definition) is 1. The zero-order valence-corrected chi connectivity index (χ0v) is 7.72. The van der Waals surface area contributed by atoms with Gasteiger partial charge in [0.05, 0.1) is 13.2 Å². The van der Waals surface area contributed by atoms with Crippen LogP contribution in [0.2, 0.25) is 0 Å². The molecular formula is C8H19NO2. The number of ether oxygens (including phenoxy) is 2. The normalized spacial score (nSPS) is 13.4. The van der Waals surface area contributed by atoms with Gasteiger partial charge in [-0.2, -0.15) is 0 Å². The zero-order chi connectivity index (χ0) is 8.53. The van der Waals surface area contributed by atoms with Gasteiger partial charge in [-0.3, -0.25) is 0 Å². The lowest BCUT2D eigenvalue weighted by Gasteiger charge is -2.14. The highest BCUT2D eigenvalue weighted by Crippen LogP contribution is 1.89. The fraction of sp³-hybridized carbons (Fsp3) is 1.00. The molecule has 0 fully saturated rings. The molecule has 0 amide bonds. The van der Waals surface area contributed by atoms with E-state index in [0.717, 1.165) is 26.2 Å². The van der Waals surface area contributed by atoms with Gasteiger partial charge in [-0.05, 0) is 6.42 Å². The third-order valence-electron chi connectivity index (χ3n) is 1.60. The molecule has 0 saturated heterocycles. The maximum atomic E-state index is 5.02. The molecule has 0 aromatic heterocycles. The molecule has 0 aliphatic carbocycles. The molecule has 0 aliphatic rings. The first-order chi connectivity index (χ1) is 5.35. The summed E-state index contributed by atoms with van der Waals surface area (Å²) in [6.45, 7) is 4.59. The van der Waals surface area contributed by atoms with Crippen molar-refractivity contribution in [3.63, 3.8) is 0 Å². The zero-order valence-electron chi connectivity index (χ0n) is 7.72. The average molecular weight is 161 g/mol. The molecule has 1 atom stereocenters. The molecule has 68 valence electrons. The number of nitrogens with one attached hydrogen (secondary N) is 1. The molecule has 0 spiro atoms. The number of hydrogen-bond acceptors (Lipinski definition) is 3. The summed E-state index contributed by atoms with van der Waals surface area (Å²) in [6, 6.07) is 0.468. The van der Waals surface area contributed by atoms with Crippen molar-refractivity contribution in [3.05, 3.63) is 0 Å². The van der Waals surface area contributed by atoms with Crippen LogP contribution in [0.5, 0.6) is 0 Å². The molecule has 1 N–H and O–H groups in total. The SMILES string of the molecule is CCC(COC)NCCOC. The van der Waals surface area contributed by atoms with Crippen LogP contribution in [0, 0.1) is 0 Å². The van der Waals surface area contributed by atoms with E-state index >= 15 is 0 Å². The predicted octanol–water partition coefficient (Wildman–Crippen LogP) is 0.647. The van der Waals surface area contributed by atoms with Gasteiger partial charge in [0.15, 0.2) is 0 Å². The van der Waals surface area contributed by atoms with Crippen molar-refractivity contribution in [2.45, 2.75) is 19.4 Å². The average Bonchev–Trinajstić information content (AvgIpc) is 2.03. The monoisotopic (exact) mass is 161 g/mol. The highest BCUT2D eigenvalue weighted by atomic mass is 16.5. The molecule has 0 rings (SSSR count). The third kappa shape index (κ3) is 6.28. The summed E-state index contributed by atoms with van der Waals surface area (Å²) in [5.41, 5.74) is 0. The molecule has 0 aromatic rings. The van der Waals surface area contributed by atoms with Crippen molar-refractivity contribution in [2.75, 3.05) is 34.0 Å². The summed E-state index contributed by atoms with van der Waals surface area (Å²) >= 11 is 0. The van der Waals surface area contributed by atoms with Crippen molar-refractivity contribution < 1.29 is 9.47 Å². The van der Waals surface area contributed by atoms with Crippen LogP contribution in [-0.2, 0) is 9.47 Å². The minimum absolute atomic E-state index is 0.468. The topological polar surface area (TPSA) is 30.5 Å². The highest BCUT2D eigenvalue weighted by Gasteiger charge is 2.02. The molecular weight excluding hydrogens is 142 g/mol. The third-order valence-corrected chi connectivity index (χ3v) is 1.60. The number of methoxy groups -OCH3 is 2. The van der Waals surface area contributed by atoms with E-state index < -0.39 is 0 Å². The van der Waals surface area contributed by atoms with E-state index in [-0.39, 0.29) is 0 Å². The van der Waals surface area contributed by atoms with E-state index in [1.807, 2.05) is 0 Å². The van der Waals surface area contributed by atoms with Crippen molar-refractivity contribution in [1.29, 1.82) is 0 Å². The lowest BCUT2D eigenvalue weighted by molar-refractivity contribution is 0.151. The van der Waals surface area contributed by atoms with Crippen molar-refractivity contribution in [1.82, 2.24) is 5.32 Å². The number of rotatable bonds is 7. The molecule has 11 heavy (non-hydrogen) atoms. The Kier molecular flexibility index (Phi) is 7.89. The van der Waals surface area contributed by atoms with Gasteiger partial charge in [-0.15, -0.1) is 0 Å². The van der Waals surface area contributed by atoms with Crippen molar-refractivity contribution in [2.24, 2.45) is 0 Å². The van der Waals surface area contributed by atoms with Crippen LogP contribution in [0.3, 0.4) is 0 Å². The Balaban J connectivity index is 3.20. The second kappa shape index (κ2) is 7.98. The van der Waals surface area contributed by atoms with E-state index in [1.54, 1.807) is 14.2 Å². The van der Waals surface area contributed by atoms with Crippen LogP contribution in [0.15, 0.2) is 0 Å². The van der Waals surface area contributed by atoms with Crippen LogP contribution >= 0.6 is 0 Å². The van der Waals surface area contributed by atoms with E-state index in [2.05, 4.69) is 12.2 Å². The summed E-state index contributed by atoms with van der Waals surface area (Å²) < 4.78 is 9.93. The van der Waals surface area contributed by atoms with E-state index in [1.165, 1.54) is 0 Å². The van der Waals surface area contributed by atoms with Crippen LogP contribution in [0.4, 0.5) is 0 Å². The molecule has 3 nitrogen and oxygen atoms in total. The van der Waals surface area contributed by atoms with E-state index in [9.17, 15) is 0 Å². The second-order valence-electron chi connectivity index (χ2n) is 2.51. The first-order valence-corrected chi connectivity index (χ1v) is 4.06. The Bertz CT molecular complexity index is 78.5.